The highest BCUT2D eigenvalue weighted by Crippen LogP contribution is 2.24. The third-order valence-corrected chi connectivity index (χ3v) is 5.83. The highest BCUT2D eigenvalue weighted by Gasteiger charge is 2.22. The van der Waals surface area contributed by atoms with Crippen LogP contribution in [0.2, 0.25) is 0 Å². The molecular weight excluding hydrogens is 338 g/mol. The molecule has 1 N–H and O–H groups in total. The van der Waals surface area contributed by atoms with Crippen LogP contribution in [0.25, 0.3) is 0 Å². The van der Waals surface area contributed by atoms with Gasteiger partial charge in [0.2, 0.25) is 15.9 Å². The lowest BCUT2D eigenvalue weighted by molar-refractivity contribution is -0.119. The van der Waals surface area contributed by atoms with E-state index in [4.69, 9.17) is 0 Å². The van der Waals surface area contributed by atoms with Gasteiger partial charge in [-0.3, -0.25) is 9.10 Å². The molecule has 1 aromatic rings. The molecule has 1 aliphatic heterocycles. The molecule has 0 aliphatic carbocycles. The van der Waals surface area contributed by atoms with E-state index >= 15 is 0 Å². The number of carbonyl (C=O) groups is 1. The van der Waals surface area contributed by atoms with Gasteiger partial charge in [0, 0.05) is 6.54 Å². The molecule has 0 aromatic heterocycles. The maximum absolute atomic E-state index is 12.2. The van der Waals surface area contributed by atoms with E-state index in [-0.39, 0.29) is 12.5 Å². The SMILES string of the molecule is Cc1cccc(N(CC(=O)NCCCN2CCCC2)S(C)(=O)=O)c1C. The fourth-order valence-electron chi connectivity index (χ4n) is 3.11. The highest BCUT2D eigenvalue weighted by molar-refractivity contribution is 7.92. The van der Waals surface area contributed by atoms with Gasteiger partial charge in [0.25, 0.3) is 0 Å². The Kier molecular flexibility index (Phi) is 6.84. The van der Waals surface area contributed by atoms with E-state index in [9.17, 15) is 13.2 Å². The molecule has 1 aromatic carbocycles. The van der Waals surface area contributed by atoms with E-state index in [1.165, 1.54) is 17.1 Å². The zero-order valence-corrected chi connectivity index (χ0v) is 16.2. The first kappa shape index (κ1) is 19.7. The number of sulfonamides is 1. The van der Waals surface area contributed by atoms with Gasteiger partial charge in [-0.15, -0.1) is 0 Å². The van der Waals surface area contributed by atoms with Gasteiger partial charge in [-0.05, 0) is 69.9 Å². The van der Waals surface area contributed by atoms with Gasteiger partial charge in [0.1, 0.15) is 6.54 Å². The smallest absolute Gasteiger partial charge is 0.240 e. The molecule has 140 valence electrons. The summed E-state index contributed by atoms with van der Waals surface area (Å²) in [5.74, 6) is -0.271. The number of likely N-dealkylation sites (tertiary alicyclic amines) is 1. The molecule has 6 nitrogen and oxygen atoms in total. The molecule has 1 heterocycles. The lowest BCUT2D eigenvalue weighted by Crippen LogP contribution is -2.41. The molecular formula is C18H29N3O3S. The van der Waals surface area contributed by atoms with Crippen LogP contribution in [0.5, 0.6) is 0 Å². The number of hydrogen-bond acceptors (Lipinski definition) is 4. The molecule has 0 radical (unpaired) electrons. The number of hydrogen-bond donors (Lipinski definition) is 1. The Morgan fingerprint density at radius 1 is 1.24 bits per heavy atom. The number of amides is 1. The summed E-state index contributed by atoms with van der Waals surface area (Å²) in [6.45, 7) is 7.44. The van der Waals surface area contributed by atoms with Gasteiger partial charge in [0.05, 0.1) is 11.9 Å². The lowest BCUT2D eigenvalue weighted by Gasteiger charge is -2.24. The Bertz CT molecular complexity index is 698. The summed E-state index contributed by atoms with van der Waals surface area (Å²) in [5, 5.41) is 2.84. The summed E-state index contributed by atoms with van der Waals surface area (Å²) in [5.41, 5.74) is 2.43. The quantitative estimate of drug-likeness (QED) is 0.710. The van der Waals surface area contributed by atoms with Crippen LogP contribution in [0, 0.1) is 13.8 Å². The summed E-state index contributed by atoms with van der Waals surface area (Å²) < 4.78 is 25.5. The van der Waals surface area contributed by atoms with E-state index in [1.807, 2.05) is 26.0 Å². The van der Waals surface area contributed by atoms with Crippen molar-refractivity contribution in [2.45, 2.75) is 33.1 Å². The molecule has 25 heavy (non-hydrogen) atoms. The van der Waals surface area contributed by atoms with Crippen molar-refractivity contribution in [2.75, 3.05) is 43.3 Å². The fraction of sp³-hybridized carbons (Fsp3) is 0.611. The van der Waals surface area contributed by atoms with Crippen molar-refractivity contribution in [1.82, 2.24) is 10.2 Å². The van der Waals surface area contributed by atoms with Crippen LogP contribution < -0.4 is 9.62 Å². The average Bonchev–Trinajstić information content (AvgIpc) is 3.05. The van der Waals surface area contributed by atoms with Crippen molar-refractivity contribution in [2.24, 2.45) is 0 Å². The maximum atomic E-state index is 12.2. The minimum Gasteiger partial charge on any atom is -0.354 e. The van der Waals surface area contributed by atoms with E-state index in [0.29, 0.717) is 12.2 Å². The number of anilines is 1. The van der Waals surface area contributed by atoms with Crippen molar-refractivity contribution >= 4 is 21.6 Å². The average molecular weight is 368 g/mol. The second kappa shape index (κ2) is 8.67. The van der Waals surface area contributed by atoms with Gasteiger partial charge in [-0.25, -0.2) is 8.42 Å². The topological polar surface area (TPSA) is 69.7 Å². The lowest BCUT2D eigenvalue weighted by atomic mass is 10.1. The minimum atomic E-state index is -3.53. The van der Waals surface area contributed by atoms with Crippen molar-refractivity contribution in [3.05, 3.63) is 29.3 Å². The molecule has 2 rings (SSSR count). The molecule has 1 fully saturated rings. The largest absolute Gasteiger partial charge is 0.354 e. The van der Waals surface area contributed by atoms with E-state index in [2.05, 4.69) is 10.2 Å². The van der Waals surface area contributed by atoms with Gasteiger partial charge < -0.3 is 10.2 Å². The number of benzene rings is 1. The first-order chi connectivity index (χ1) is 11.8. The second-order valence-electron chi connectivity index (χ2n) is 6.74. The van der Waals surface area contributed by atoms with Gasteiger partial charge in [-0.1, -0.05) is 12.1 Å². The number of aryl methyl sites for hydroxylation is 1. The Hall–Kier alpha value is -1.60. The molecule has 0 bridgehead atoms. The Balaban J connectivity index is 1.93. The van der Waals surface area contributed by atoms with Crippen LogP contribution in [0.15, 0.2) is 18.2 Å². The van der Waals surface area contributed by atoms with Crippen molar-refractivity contribution in [3.63, 3.8) is 0 Å². The standard InChI is InChI=1S/C18H29N3O3S/c1-15-8-6-9-17(16(15)2)21(25(3,23)24)14-18(22)19-10-7-13-20-11-4-5-12-20/h6,8-9H,4-5,7,10-14H2,1-3H3,(H,19,22). The maximum Gasteiger partial charge on any atom is 0.240 e. The number of carbonyl (C=O) groups excluding carboxylic acids is 1. The van der Waals surface area contributed by atoms with E-state index in [0.717, 1.165) is 43.4 Å². The van der Waals surface area contributed by atoms with Crippen LogP contribution in [0.3, 0.4) is 0 Å². The summed E-state index contributed by atoms with van der Waals surface area (Å²) >= 11 is 0. The van der Waals surface area contributed by atoms with Crippen LogP contribution in [-0.2, 0) is 14.8 Å². The predicted octanol–water partition coefficient (Wildman–Crippen LogP) is 1.67. The van der Waals surface area contributed by atoms with Gasteiger partial charge in [-0.2, -0.15) is 0 Å². The normalized spacial score (nSPS) is 15.3. The van der Waals surface area contributed by atoms with Crippen LogP contribution in [0.1, 0.15) is 30.4 Å². The minimum absolute atomic E-state index is 0.188. The molecule has 0 spiro atoms. The molecule has 0 saturated carbocycles. The second-order valence-corrected chi connectivity index (χ2v) is 8.65. The highest BCUT2D eigenvalue weighted by atomic mass is 32.2. The van der Waals surface area contributed by atoms with Crippen LogP contribution in [0.4, 0.5) is 5.69 Å². The van der Waals surface area contributed by atoms with E-state index in [1.54, 1.807) is 6.07 Å². The third-order valence-electron chi connectivity index (χ3n) is 4.70. The van der Waals surface area contributed by atoms with E-state index < -0.39 is 10.0 Å². The van der Waals surface area contributed by atoms with Crippen LogP contribution >= 0.6 is 0 Å². The Morgan fingerprint density at radius 2 is 1.92 bits per heavy atom. The summed E-state index contributed by atoms with van der Waals surface area (Å²) in [7, 11) is -3.53. The number of nitrogens with one attached hydrogen (secondary N) is 1. The number of nitrogens with zero attached hydrogens (tertiary/aromatic N) is 2. The molecule has 7 heteroatoms. The first-order valence-electron chi connectivity index (χ1n) is 8.82. The third kappa shape index (κ3) is 5.71. The molecule has 0 atom stereocenters. The predicted molar refractivity (Wildman–Crippen MR) is 101 cm³/mol. The molecule has 1 saturated heterocycles. The first-order valence-corrected chi connectivity index (χ1v) is 10.7. The van der Waals surface area contributed by atoms with Crippen LogP contribution in [-0.4, -0.2) is 58.2 Å². The van der Waals surface area contributed by atoms with Crippen molar-refractivity contribution in [1.29, 1.82) is 0 Å². The Morgan fingerprint density at radius 3 is 2.56 bits per heavy atom. The molecule has 0 unspecified atom stereocenters. The van der Waals surface area contributed by atoms with Crippen molar-refractivity contribution < 1.29 is 13.2 Å². The number of rotatable bonds is 8. The zero-order valence-electron chi connectivity index (χ0n) is 15.4. The zero-order chi connectivity index (χ0) is 18.4. The summed E-state index contributed by atoms with van der Waals surface area (Å²) in [6.07, 6.45) is 4.53. The molecule has 1 amide bonds. The Labute approximate surface area is 151 Å². The summed E-state index contributed by atoms with van der Waals surface area (Å²) in [4.78, 5) is 14.6. The fourth-order valence-corrected chi connectivity index (χ4v) is 4.02. The molecule has 1 aliphatic rings. The summed E-state index contributed by atoms with van der Waals surface area (Å²) in [6, 6.07) is 5.48. The monoisotopic (exact) mass is 367 g/mol. The van der Waals surface area contributed by atoms with Crippen molar-refractivity contribution in [3.8, 4) is 0 Å². The van der Waals surface area contributed by atoms with Gasteiger partial charge in [0.15, 0.2) is 0 Å². The van der Waals surface area contributed by atoms with Gasteiger partial charge >= 0.3 is 0 Å².